The van der Waals surface area contributed by atoms with E-state index in [9.17, 15) is 14.4 Å². The van der Waals surface area contributed by atoms with E-state index >= 15 is 0 Å². The van der Waals surface area contributed by atoms with Gasteiger partial charge in [-0.1, -0.05) is 346 Å². The minimum Gasteiger partial charge on any atom is -0.462 e. The van der Waals surface area contributed by atoms with Crippen LogP contribution in [0, 0.1) is 0 Å². The van der Waals surface area contributed by atoms with Crippen molar-refractivity contribution in [2.24, 2.45) is 0 Å². The Bertz CT molecular complexity index is 1350. The lowest BCUT2D eigenvalue weighted by molar-refractivity contribution is -0.167. The first kappa shape index (κ1) is 78.6. The number of unbranched alkanes of at least 4 members (excludes halogenated alkanes) is 51. The van der Waals surface area contributed by atoms with Crippen LogP contribution in [-0.2, 0) is 28.6 Å². The molecule has 6 heteroatoms. The molecule has 0 aromatic carbocycles. The van der Waals surface area contributed by atoms with Crippen LogP contribution in [0.4, 0.5) is 0 Å². The fourth-order valence-electron chi connectivity index (χ4n) is 11.1. The van der Waals surface area contributed by atoms with Gasteiger partial charge in [0.25, 0.3) is 0 Å². The highest BCUT2D eigenvalue weighted by atomic mass is 16.6. The third kappa shape index (κ3) is 68.3. The van der Waals surface area contributed by atoms with Gasteiger partial charge in [0.2, 0.25) is 0 Å². The molecule has 0 fully saturated rings. The molecule has 0 saturated carbocycles. The smallest absolute Gasteiger partial charge is 0.306 e. The van der Waals surface area contributed by atoms with Crippen LogP contribution in [0.5, 0.6) is 0 Å². The topological polar surface area (TPSA) is 78.9 Å². The van der Waals surface area contributed by atoms with Gasteiger partial charge in [-0.15, -0.1) is 0 Å². The number of rotatable bonds is 68. The van der Waals surface area contributed by atoms with Crippen molar-refractivity contribution in [2.45, 2.75) is 412 Å². The van der Waals surface area contributed by atoms with Gasteiger partial charge in [-0.3, -0.25) is 14.4 Å². The first-order valence-corrected chi connectivity index (χ1v) is 36.5. The maximum Gasteiger partial charge on any atom is 0.306 e. The second-order valence-corrected chi connectivity index (χ2v) is 24.9. The highest BCUT2D eigenvalue weighted by molar-refractivity contribution is 5.71. The normalized spacial score (nSPS) is 12.2. The molecule has 0 amide bonds. The minimum atomic E-state index is -0.774. The van der Waals surface area contributed by atoms with E-state index in [0.717, 1.165) is 70.6 Å². The van der Waals surface area contributed by atoms with E-state index in [0.29, 0.717) is 19.3 Å². The molecule has 0 spiro atoms. The molecule has 0 aromatic rings. The van der Waals surface area contributed by atoms with E-state index in [1.807, 2.05) is 0 Å². The predicted octanol–water partition coefficient (Wildman–Crippen LogP) is 25.1. The van der Waals surface area contributed by atoms with E-state index in [-0.39, 0.29) is 31.1 Å². The monoisotopic (exact) mass is 1140 g/mol. The summed E-state index contributed by atoms with van der Waals surface area (Å²) >= 11 is 0. The number of hydrogen-bond acceptors (Lipinski definition) is 6. The fourth-order valence-corrected chi connectivity index (χ4v) is 11.1. The van der Waals surface area contributed by atoms with Gasteiger partial charge in [0.1, 0.15) is 13.2 Å². The Morgan fingerprint density at radius 3 is 0.716 bits per heavy atom. The molecular formula is C75H140O6. The zero-order valence-corrected chi connectivity index (χ0v) is 54.8. The van der Waals surface area contributed by atoms with Crippen LogP contribution >= 0.6 is 0 Å². The van der Waals surface area contributed by atoms with Gasteiger partial charge in [0.15, 0.2) is 6.10 Å². The zero-order valence-electron chi connectivity index (χ0n) is 54.8. The predicted molar refractivity (Wildman–Crippen MR) is 353 cm³/mol. The molecule has 0 rings (SSSR count). The summed E-state index contributed by atoms with van der Waals surface area (Å²) in [6.45, 7) is 6.68. The number of hydrogen-bond donors (Lipinski definition) is 0. The number of allylic oxidation sites excluding steroid dienone is 6. The van der Waals surface area contributed by atoms with Crippen LogP contribution in [0.2, 0.25) is 0 Å². The molecule has 0 bridgehead atoms. The number of ether oxygens (including phenoxy) is 3. The van der Waals surface area contributed by atoms with Gasteiger partial charge in [0.05, 0.1) is 0 Å². The summed E-state index contributed by atoms with van der Waals surface area (Å²) in [6.07, 6.45) is 87.6. The van der Waals surface area contributed by atoms with E-state index < -0.39 is 6.10 Å². The molecule has 0 heterocycles. The zero-order chi connectivity index (χ0) is 58.5. The Kier molecular flexibility index (Phi) is 68.1. The Balaban J connectivity index is 4.19. The van der Waals surface area contributed by atoms with Crippen LogP contribution in [0.1, 0.15) is 406 Å². The summed E-state index contributed by atoms with van der Waals surface area (Å²) < 4.78 is 17.0. The van der Waals surface area contributed by atoms with E-state index in [1.54, 1.807) is 0 Å². The van der Waals surface area contributed by atoms with Crippen LogP contribution in [0.25, 0.3) is 0 Å². The molecule has 0 aliphatic heterocycles. The van der Waals surface area contributed by atoms with Gasteiger partial charge in [0, 0.05) is 19.3 Å². The van der Waals surface area contributed by atoms with Crippen LogP contribution in [0.15, 0.2) is 36.5 Å². The van der Waals surface area contributed by atoms with Crippen molar-refractivity contribution >= 4 is 17.9 Å². The first-order chi connectivity index (χ1) is 40.0. The molecule has 0 aliphatic rings. The molecule has 0 aromatic heterocycles. The van der Waals surface area contributed by atoms with Crippen molar-refractivity contribution in [3.63, 3.8) is 0 Å². The minimum absolute atomic E-state index is 0.0698. The second kappa shape index (κ2) is 70.1. The second-order valence-electron chi connectivity index (χ2n) is 24.9. The summed E-state index contributed by atoms with van der Waals surface area (Å²) in [5.41, 5.74) is 0. The summed E-state index contributed by atoms with van der Waals surface area (Å²) in [7, 11) is 0. The highest BCUT2D eigenvalue weighted by Crippen LogP contribution is 2.19. The average molecular weight is 1140 g/mol. The first-order valence-electron chi connectivity index (χ1n) is 36.5. The van der Waals surface area contributed by atoms with Crippen LogP contribution < -0.4 is 0 Å². The number of carbonyl (C=O) groups excluding carboxylic acids is 3. The molecular weight excluding hydrogens is 997 g/mol. The molecule has 1 unspecified atom stereocenters. The number of esters is 3. The number of carbonyl (C=O) groups is 3. The molecule has 6 nitrogen and oxygen atoms in total. The Morgan fingerprint density at radius 1 is 0.247 bits per heavy atom. The van der Waals surface area contributed by atoms with Crippen molar-refractivity contribution in [1.82, 2.24) is 0 Å². The molecule has 81 heavy (non-hydrogen) atoms. The van der Waals surface area contributed by atoms with Gasteiger partial charge < -0.3 is 14.2 Å². The molecule has 1 atom stereocenters. The SMILES string of the molecule is CCCCC/C=C\CCCCCCCC(=O)OCC(COC(=O)CCCCCCCCCCCCCCCCCCCCCCCCCCCC)OC(=O)CCCCCCCCCCCCCCC/C=C\C/C=C\CCCCCCC. The van der Waals surface area contributed by atoms with Crippen molar-refractivity contribution in [3.05, 3.63) is 36.5 Å². The van der Waals surface area contributed by atoms with Crippen LogP contribution in [-0.4, -0.2) is 37.2 Å². The molecule has 0 aliphatic carbocycles. The van der Waals surface area contributed by atoms with E-state index in [2.05, 4.69) is 57.2 Å². The lowest BCUT2D eigenvalue weighted by atomic mass is 10.0. The van der Waals surface area contributed by atoms with Gasteiger partial charge in [-0.25, -0.2) is 0 Å². The Hall–Kier alpha value is -2.37. The summed E-state index contributed by atoms with van der Waals surface area (Å²) in [6, 6.07) is 0. The Morgan fingerprint density at radius 2 is 0.444 bits per heavy atom. The lowest BCUT2D eigenvalue weighted by Gasteiger charge is -2.18. The Labute approximate surface area is 506 Å². The summed E-state index contributed by atoms with van der Waals surface area (Å²) in [4.78, 5) is 38.4. The van der Waals surface area contributed by atoms with Crippen molar-refractivity contribution in [1.29, 1.82) is 0 Å². The summed E-state index contributed by atoms with van der Waals surface area (Å²) in [5, 5.41) is 0. The third-order valence-corrected chi connectivity index (χ3v) is 16.6. The molecule has 0 radical (unpaired) electrons. The molecule has 0 saturated heterocycles. The largest absolute Gasteiger partial charge is 0.462 e. The third-order valence-electron chi connectivity index (χ3n) is 16.6. The molecule has 476 valence electrons. The average Bonchev–Trinajstić information content (AvgIpc) is 3.47. The fraction of sp³-hybridized carbons (Fsp3) is 0.880. The highest BCUT2D eigenvalue weighted by Gasteiger charge is 2.19. The van der Waals surface area contributed by atoms with Gasteiger partial charge >= 0.3 is 17.9 Å². The van der Waals surface area contributed by atoms with E-state index in [1.165, 1.54) is 295 Å². The van der Waals surface area contributed by atoms with E-state index in [4.69, 9.17) is 14.2 Å². The lowest BCUT2D eigenvalue weighted by Crippen LogP contribution is -2.30. The van der Waals surface area contributed by atoms with Crippen molar-refractivity contribution < 1.29 is 28.6 Å². The summed E-state index contributed by atoms with van der Waals surface area (Å²) in [5.74, 6) is -0.851. The maximum atomic E-state index is 13.0. The van der Waals surface area contributed by atoms with Crippen molar-refractivity contribution in [2.75, 3.05) is 13.2 Å². The standard InChI is InChI=1S/C75H140O6/c1-4-7-10-13-16-19-22-25-27-29-31-33-35-37-39-40-42-44-46-48-50-53-56-59-62-65-68-74(77)80-71-72(70-79-73(76)67-64-61-58-55-52-24-21-18-15-12-9-6-3)81-75(78)69-66-63-60-57-54-51-49-47-45-43-41-38-36-34-32-30-28-26-23-20-17-14-11-8-5-2/h18,21,23,26,30,32,72H,4-17,19-20,22,24-25,27-29,31,33-71H2,1-3H3/b21-18-,26-23-,32-30-. The van der Waals surface area contributed by atoms with Crippen LogP contribution in [0.3, 0.4) is 0 Å². The quantitative estimate of drug-likeness (QED) is 0.0261. The van der Waals surface area contributed by atoms with Gasteiger partial charge in [-0.2, -0.15) is 0 Å². The maximum absolute atomic E-state index is 13.0. The van der Waals surface area contributed by atoms with Gasteiger partial charge in [-0.05, 0) is 77.0 Å². The molecule has 0 N–H and O–H groups in total. The van der Waals surface area contributed by atoms with Crippen molar-refractivity contribution in [3.8, 4) is 0 Å².